The van der Waals surface area contributed by atoms with Crippen LogP contribution in [0, 0.1) is 0 Å². The number of ether oxygens (including phenoxy) is 1. The minimum absolute atomic E-state index is 0.0242. The molecule has 33 heavy (non-hydrogen) atoms. The molecule has 11 heteroatoms. The van der Waals surface area contributed by atoms with Gasteiger partial charge in [-0.1, -0.05) is 18.5 Å². The number of hydrogen-bond acceptors (Lipinski definition) is 7. The molecule has 1 aromatic carbocycles. The summed E-state index contributed by atoms with van der Waals surface area (Å²) in [5.74, 6) is 1.16. The van der Waals surface area contributed by atoms with Gasteiger partial charge in [0.1, 0.15) is 18.5 Å². The van der Waals surface area contributed by atoms with Crippen LogP contribution in [-0.4, -0.2) is 74.1 Å². The molecule has 178 valence electrons. The molecule has 1 aliphatic rings. The predicted molar refractivity (Wildman–Crippen MR) is 127 cm³/mol. The van der Waals surface area contributed by atoms with Gasteiger partial charge in [-0.2, -0.15) is 4.98 Å². The third-order valence-electron chi connectivity index (χ3n) is 6.08. The fourth-order valence-electron chi connectivity index (χ4n) is 4.10. The Hall–Kier alpha value is -2.82. The number of piperazine rings is 1. The van der Waals surface area contributed by atoms with Crippen LogP contribution in [0.1, 0.15) is 6.92 Å². The molecule has 1 aliphatic heterocycles. The molecule has 1 fully saturated rings. The second kappa shape index (κ2) is 9.58. The zero-order chi connectivity index (χ0) is 23.7. The fourth-order valence-corrected chi connectivity index (χ4v) is 4.23. The molecule has 0 unspecified atom stereocenters. The van der Waals surface area contributed by atoms with Crippen molar-refractivity contribution in [2.75, 3.05) is 44.2 Å². The second-order valence-electron chi connectivity index (χ2n) is 8.24. The molecular weight excluding hydrogens is 448 g/mol. The highest BCUT2D eigenvalue weighted by Crippen LogP contribution is 2.22. The van der Waals surface area contributed by atoms with E-state index in [-0.39, 0.29) is 18.7 Å². The van der Waals surface area contributed by atoms with Crippen LogP contribution in [0.5, 0.6) is 5.75 Å². The highest BCUT2D eigenvalue weighted by molar-refractivity contribution is 6.30. The molecule has 0 bridgehead atoms. The number of aryl methyl sites for hydroxylation is 1. The third-order valence-corrected chi connectivity index (χ3v) is 6.33. The Labute approximate surface area is 196 Å². The second-order valence-corrected chi connectivity index (χ2v) is 8.68. The average Bonchev–Trinajstić information content (AvgIpc) is 3.20. The summed E-state index contributed by atoms with van der Waals surface area (Å²) < 4.78 is 9.85. The number of nitrogens with zero attached hydrogens (tertiary/aromatic N) is 6. The summed E-state index contributed by atoms with van der Waals surface area (Å²) in [7, 11) is 3.04. The maximum Gasteiger partial charge on any atom is 0.332 e. The van der Waals surface area contributed by atoms with Crippen molar-refractivity contribution in [3.05, 3.63) is 50.1 Å². The number of aliphatic hydroxyl groups excluding tert-OH is 1. The van der Waals surface area contributed by atoms with E-state index in [2.05, 4.69) is 21.7 Å². The minimum Gasteiger partial charge on any atom is -0.491 e. The fraction of sp³-hybridized carbons (Fsp3) is 0.500. The smallest absolute Gasteiger partial charge is 0.332 e. The molecule has 0 aliphatic carbocycles. The first-order valence-electron chi connectivity index (χ1n) is 11.0. The lowest BCUT2D eigenvalue weighted by atomic mass is 10.3. The molecule has 0 saturated carbocycles. The molecule has 3 aromatic rings. The average molecular weight is 477 g/mol. The lowest BCUT2D eigenvalue weighted by Gasteiger charge is -2.35. The van der Waals surface area contributed by atoms with E-state index in [9.17, 15) is 14.7 Å². The van der Waals surface area contributed by atoms with Crippen molar-refractivity contribution in [2.45, 2.75) is 19.6 Å². The number of fused-ring (bicyclic) bond motifs is 1. The van der Waals surface area contributed by atoms with Crippen molar-refractivity contribution in [2.24, 2.45) is 14.1 Å². The number of anilines is 1. The molecule has 4 rings (SSSR count). The lowest BCUT2D eigenvalue weighted by molar-refractivity contribution is 0.0935. The number of benzene rings is 1. The maximum atomic E-state index is 13.0. The van der Waals surface area contributed by atoms with Crippen molar-refractivity contribution >= 4 is 28.7 Å². The highest BCUT2D eigenvalue weighted by atomic mass is 35.5. The van der Waals surface area contributed by atoms with Crippen LogP contribution in [-0.2, 0) is 20.6 Å². The summed E-state index contributed by atoms with van der Waals surface area (Å²) in [6.07, 6.45) is -0.907. The van der Waals surface area contributed by atoms with Gasteiger partial charge in [0, 0.05) is 45.3 Å². The molecule has 1 saturated heterocycles. The summed E-state index contributed by atoms with van der Waals surface area (Å²) in [4.78, 5) is 34.6. The lowest BCUT2D eigenvalue weighted by Crippen LogP contribution is -2.47. The van der Waals surface area contributed by atoms with Gasteiger partial charge < -0.3 is 24.2 Å². The Bertz CT molecular complexity index is 1240. The van der Waals surface area contributed by atoms with Crippen LogP contribution in [0.15, 0.2) is 33.9 Å². The molecule has 0 radical (unpaired) electrons. The molecule has 0 amide bonds. The van der Waals surface area contributed by atoms with Gasteiger partial charge >= 0.3 is 5.69 Å². The van der Waals surface area contributed by atoms with Crippen molar-refractivity contribution in [3.8, 4) is 5.75 Å². The van der Waals surface area contributed by atoms with E-state index in [1.54, 1.807) is 35.9 Å². The van der Waals surface area contributed by atoms with Crippen LogP contribution in [0.25, 0.3) is 11.2 Å². The Kier molecular flexibility index (Phi) is 6.78. The third kappa shape index (κ3) is 4.64. The minimum atomic E-state index is -0.907. The van der Waals surface area contributed by atoms with Crippen molar-refractivity contribution in [1.82, 2.24) is 23.6 Å². The summed E-state index contributed by atoms with van der Waals surface area (Å²) >= 11 is 5.91. The van der Waals surface area contributed by atoms with Crippen molar-refractivity contribution in [1.29, 1.82) is 0 Å². The molecule has 3 heterocycles. The van der Waals surface area contributed by atoms with Crippen molar-refractivity contribution < 1.29 is 9.84 Å². The van der Waals surface area contributed by atoms with Gasteiger partial charge in [-0.15, -0.1) is 0 Å². The molecule has 10 nitrogen and oxygen atoms in total. The Morgan fingerprint density at radius 2 is 1.76 bits per heavy atom. The maximum absolute atomic E-state index is 13.0. The first-order valence-corrected chi connectivity index (χ1v) is 11.4. The van der Waals surface area contributed by atoms with Gasteiger partial charge in [0.25, 0.3) is 5.56 Å². The van der Waals surface area contributed by atoms with Crippen LogP contribution in [0.4, 0.5) is 5.95 Å². The molecule has 0 spiro atoms. The summed E-state index contributed by atoms with van der Waals surface area (Å²) in [6, 6.07) is 6.88. The zero-order valence-corrected chi connectivity index (χ0v) is 19.8. The topological polar surface area (TPSA) is 97.8 Å². The first-order chi connectivity index (χ1) is 15.8. The van der Waals surface area contributed by atoms with E-state index in [4.69, 9.17) is 16.3 Å². The van der Waals surface area contributed by atoms with E-state index < -0.39 is 17.4 Å². The number of aromatic nitrogens is 4. The number of halogens is 1. The zero-order valence-electron chi connectivity index (χ0n) is 19.1. The van der Waals surface area contributed by atoms with Gasteiger partial charge in [-0.05, 0) is 30.8 Å². The normalized spacial score (nSPS) is 15.8. The van der Waals surface area contributed by atoms with E-state index in [1.165, 1.54) is 11.6 Å². The van der Waals surface area contributed by atoms with Crippen LogP contribution in [0.3, 0.4) is 0 Å². The molecule has 2 aromatic heterocycles. The van der Waals surface area contributed by atoms with E-state index in [0.717, 1.165) is 37.3 Å². The number of likely N-dealkylation sites (N-methyl/N-ethyl adjacent to an activating group) is 1. The van der Waals surface area contributed by atoms with E-state index >= 15 is 0 Å². The Morgan fingerprint density at radius 1 is 1.09 bits per heavy atom. The standard InChI is InChI=1S/C22H29ClN6O4/c1-4-27-9-11-28(12-10-27)21-24-19-18(20(31)26(3)22(32)25(19)2)29(21)13-16(30)14-33-17-7-5-15(23)6-8-17/h5-8,16,30H,4,9-14H2,1-3H3/t16-/m0/s1. The molecule has 1 atom stereocenters. The van der Waals surface area contributed by atoms with Gasteiger partial charge in [0.2, 0.25) is 5.95 Å². The monoisotopic (exact) mass is 476 g/mol. The van der Waals surface area contributed by atoms with E-state index in [0.29, 0.717) is 22.4 Å². The summed E-state index contributed by atoms with van der Waals surface area (Å²) in [5.41, 5.74) is -0.282. The van der Waals surface area contributed by atoms with Gasteiger partial charge in [-0.25, -0.2) is 4.79 Å². The predicted octanol–water partition coefficient (Wildman–Crippen LogP) is 0.669. The Balaban J connectivity index is 1.67. The Morgan fingerprint density at radius 3 is 2.39 bits per heavy atom. The SMILES string of the molecule is CCN1CCN(c2nc3c(c(=O)n(C)c(=O)n3C)n2C[C@H](O)COc2ccc(Cl)cc2)CC1. The van der Waals surface area contributed by atoms with Crippen LogP contribution < -0.4 is 20.9 Å². The van der Waals surface area contributed by atoms with Gasteiger partial charge in [-0.3, -0.25) is 13.9 Å². The largest absolute Gasteiger partial charge is 0.491 e. The summed E-state index contributed by atoms with van der Waals surface area (Å²) in [6.45, 7) is 6.45. The number of aliphatic hydroxyl groups is 1. The summed E-state index contributed by atoms with van der Waals surface area (Å²) in [5, 5.41) is 11.4. The van der Waals surface area contributed by atoms with Crippen LogP contribution >= 0.6 is 11.6 Å². The van der Waals surface area contributed by atoms with Crippen molar-refractivity contribution in [3.63, 3.8) is 0 Å². The first kappa shape index (κ1) is 23.3. The van der Waals surface area contributed by atoms with Crippen LogP contribution in [0.2, 0.25) is 5.02 Å². The number of rotatable bonds is 7. The van der Waals surface area contributed by atoms with Gasteiger partial charge in [0.05, 0.1) is 6.54 Å². The van der Waals surface area contributed by atoms with Gasteiger partial charge in [0.15, 0.2) is 11.2 Å². The quantitative estimate of drug-likeness (QED) is 0.535. The molecule has 1 N–H and O–H groups in total. The van der Waals surface area contributed by atoms with E-state index in [1.807, 2.05) is 0 Å². The number of imidazole rings is 1. The highest BCUT2D eigenvalue weighted by Gasteiger charge is 2.26. The number of hydrogen-bond donors (Lipinski definition) is 1. The molecular formula is C22H29ClN6O4.